The molecule has 0 aliphatic carbocycles. The number of hydrogen-bond donors (Lipinski definition) is 1. The summed E-state index contributed by atoms with van der Waals surface area (Å²) in [6, 6.07) is 5.97. The molecule has 1 amide bonds. The summed E-state index contributed by atoms with van der Waals surface area (Å²) in [5.74, 6) is -1.99. The van der Waals surface area contributed by atoms with Gasteiger partial charge in [-0.25, -0.2) is 12.8 Å². The molecular weight excluding hydrogens is 362 g/mol. The lowest BCUT2D eigenvalue weighted by Gasteiger charge is -2.24. The average Bonchev–Trinajstić information content (AvgIpc) is 2.47. The highest BCUT2D eigenvalue weighted by Gasteiger charge is 2.41. The van der Waals surface area contributed by atoms with E-state index in [4.69, 9.17) is 0 Å². The Morgan fingerprint density at radius 1 is 1.16 bits per heavy atom. The van der Waals surface area contributed by atoms with Crippen LogP contribution in [0, 0.1) is 5.82 Å². The molecule has 0 aliphatic rings. The van der Waals surface area contributed by atoms with Crippen LogP contribution in [0.15, 0.2) is 24.3 Å². The second-order valence-electron chi connectivity index (χ2n) is 6.15. The van der Waals surface area contributed by atoms with Crippen molar-refractivity contribution in [2.75, 3.05) is 12.3 Å². The number of carbonyl (C=O) groups is 1. The van der Waals surface area contributed by atoms with Crippen molar-refractivity contribution in [1.82, 2.24) is 5.32 Å². The fourth-order valence-corrected chi connectivity index (χ4v) is 3.47. The van der Waals surface area contributed by atoms with Gasteiger partial charge in [0, 0.05) is 13.0 Å². The number of carbonyl (C=O) groups excluding carboxylic acids is 1. The van der Waals surface area contributed by atoms with Crippen molar-refractivity contribution in [2.24, 2.45) is 0 Å². The number of sulfone groups is 1. The van der Waals surface area contributed by atoms with Crippen LogP contribution in [0.4, 0.5) is 17.6 Å². The van der Waals surface area contributed by atoms with Gasteiger partial charge in [-0.1, -0.05) is 18.2 Å². The Hall–Kier alpha value is -1.64. The fraction of sp³-hybridized carbons (Fsp3) is 0.562. The van der Waals surface area contributed by atoms with Gasteiger partial charge in [0.25, 0.3) is 0 Å². The molecule has 0 spiro atoms. The third kappa shape index (κ3) is 6.30. The molecule has 0 unspecified atom stereocenters. The first-order valence-electron chi connectivity index (χ1n) is 7.67. The van der Waals surface area contributed by atoms with E-state index in [9.17, 15) is 30.8 Å². The molecule has 0 atom stereocenters. The standard InChI is InChI=1S/C16H21F4NO3S/c1-15(2,25(23,24)11-5-9-16(18,19)20)14(22)21-10-8-12-6-3-4-7-13(12)17/h3-4,6-7H,5,8-11H2,1-2H3,(H,21,22). The minimum Gasteiger partial charge on any atom is -0.354 e. The summed E-state index contributed by atoms with van der Waals surface area (Å²) in [4.78, 5) is 12.1. The summed E-state index contributed by atoms with van der Waals surface area (Å²) < 4.78 is 72.4. The molecule has 142 valence electrons. The molecule has 0 saturated carbocycles. The van der Waals surface area contributed by atoms with Gasteiger partial charge in [0.2, 0.25) is 5.91 Å². The second-order valence-corrected chi connectivity index (χ2v) is 8.80. The number of rotatable bonds is 8. The van der Waals surface area contributed by atoms with E-state index in [2.05, 4.69) is 5.32 Å². The number of benzene rings is 1. The van der Waals surface area contributed by atoms with Gasteiger partial charge in [0.1, 0.15) is 10.6 Å². The van der Waals surface area contributed by atoms with Gasteiger partial charge in [-0.2, -0.15) is 13.2 Å². The SMILES string of the molecule is CC(C)(C(=O)NCCc1ccccc1F)S(=O)(=O)CCCC(F)(F)F. The van der Waals surface area contributed by atoms with E-state index >= 15 is 0 Å². The van der Waals surface area contributed by atoms with E-state index in [-0.39, 0.29) is 13.0 Å². The van der Waals surface area contributed by atoms with Gasteiger partial charge < -0.3 is 5.32 Å². The monoisotopic (exact) mass is 383 g/mol. The normalized spacial score (nSPS) is 12.9. The zero-order chi connectivity index (χ0) is 19.3. The van der Waals surface area contributed by atoms with Crippen LogP contribution in [0.1, 0.15) is 32.3 Å². The fourth-order valence-electron chi connectivity index (χ4n) is 2.08. The minimum absolute atomic E-state index is 0.0151. The molecule has 25 heavy (non-hydrogen) atoms. The molecule has 0 radical (unpaired) electrons. The van der Waals surface area contributed by atoms with Crippen molar-refractivity contribution in [2.45, 2.75) is 44.0 Å². The molecule has 1 N–H and O–H groups in total. The Kier molecular flexibility index (Phi) is 6.99. The lowest BCUT2D eigenvalue weighted by Crippen LogP contribution is -2.49. The molecule has 9 heteroatoms. The zero-order valence-corrected chi connectivity index (χ0v) is 14.8. The molecule has 0 heterocycles. The molecule has 1 rings (SSSR count). The van der Waals surface area contributed by atoms with Crippen LogP contribution in [-0.4, -0.2) is 37.5 Å². The Morgan fingerprint density at radius 2 is 1.76 bits per heavy atom. The van der Waals surface area contributed by atoms with E-state index in [0.29, 0.717) is 5.56 Å². The lowest BCUT2D eigenvalue weighted by atomic mass is 10.1. The summed E-state index contributed by atoms with van der Waals surface area (Å²) in [5, 5.41) is 2.40. The highest BCUT2D eigenvalue weighted by molar-refractivity contribution is 7.93. The Labute approximate surface area is 144 Å². The van der Waals surface area contributed by atoms with Crippen molar-refractivity contribution in [3.8, 4) is 0 Å². The number of nitrogens with one attached hydrogen (secondary N) is 1. The quantitative estimate of drug-likeness (QED) is 0.702. The predicted octanol–water partition coefficient (Wildman–Crippen LogP) is 3.02. The smallest absolute Gasteiger partial charge is 0.354 e. The molecule has 4 nitrogen and oxygen atoms in total. The number of hydrogen-bond acceptors (Lipinski definition) is 3. The van der Waals surface area contributed by atoms with Crippen LogP contribution in [0.5, 0.6) is 0 Å². The summed E-state index contributed by atoms with van der Waals surface area (Å²) in [6.45, 7) is 2.31. The Morgan fingerprint density at radius 3 is 2.32 bits per heavy atom. The first kappa shape index (κ1) is 21.4. The van der Waals surface area contributed by atoms with Gasteiger partial charge in [-0.3, -0.25) is 4.79 Å². The van der Waals surface area contributed by atoms with Gasteiger partial charge in [-0.05, 0) is 38.3 Å². The number of halogens is 4. The molecule has 0 fully saturated rings. The van der Waals surface area contributed by atoms with Gasteiger partial charge in [-0.15, -0.1) is 0 Å². The lowest BCUT2D eigenvalue weighted by molar-refractivity contribution is -0.134. The van der Waals surface area contributed by atoms with Crippen LogP contribution in [0.3, 0.4) is 0 Å². The van der Waals surface area contributed by atoms with Crippen molar-refractivity contribution >= 4 is 15.7 Å². The predicted molar refractivity (Wildman–Crippen MR) is 86.3 cm³/mol. The van der Waals surface area contributed by atoms with E-state index in [1.54, 1.807) is 12.1 Å². The maximum atomic E-state index is 13.5. The third-order valence-electron chi connectivity index (χ3n) is 3.84. The van der Waals surface area contributed by atoms with Crippen molar-refractivity contribution in [1.29, 1.82) is 0 Å². The molecule has 1 aromatic rings. The number of amides is 1. The van der Waals surface area contributed by atoms with E-state index in [0.717, 1.165) is 13.8 Å². The first-order chi connectivity index (χ1) is 11.4. The maximum Gasteiger partial charge on any atom is 0.389 e. The molecular formula is C16H21F4NO3S. The Balaban J connectivity index is 2.61. The molecule has 0 bridgehead atoms. The topological polar surface area (TPSA) is 63.2 Å². The van der Waals surface area contributed by atoms with Crippen LogP contribution in [0.25, 0.3) is 0 Å². The summed E-state index contributed by atoms with van der Waals surface area (Å²) in [5.41, 5.74) is 0.369. The van der Waals surface area contributed by atoms with E-state index < -0.39 is 51.1 Å². The zero-order valence-electron chi connectivity index (χ0n) is 14.0. The summed E-state index contributed by atoms with van der Waals surface area (Å²) in [7, 11) is -4.07. The molecule has 0 saturated heterocycles. The van der Waals surface area contributed by atoms with Crippen molar-refractivity contribution in [3.63, 3.8) is 0 Å². The van der Waals surface area contributed by atoms with Crippen LogP contribution in [-0.2, 0) is 21.1 Å². The third-order valence-corrected chi connectivity index (χ3v) is 6.40. The van der Waals surface area contributed by atoms with Gasteiger partial charge in [0.05, 0.1) is 5.75 Å². The minimum atomic E-state index is -4.44. The maximum absolute atomic E-state index is 13.5. The average molecular weight is 383 g/mol. The largest absolute Gasteiger partial charge is 0.389 e. The Bertz CT molecular complexity index is 700. The molecule has 1 aromatic carbocycles. The molecule has 0 aliphatic heterocycles. The number of alkyl halides is 3. The van der Waals surface area contributed by atoms with Crippen molar-refractivity contribution in [3.05, 3.63) is 35.6 Å². The van der Waals surface area contributed by atoms with Crippen LogP contribution in [0.2, 0.25) is 0 Å². The van der Waals surface area contributed by atoms with Gasteiger partial charge in [0.15, 0.2) is 9.84 Å². The van der Waals surface area contributed by atoms with Crippen molar-refractivity contribution < 1.29 is 30.8 Å². The van der Waals surface area contributed by atoms with Gasteiger partial charge >= 0.3 is 6.18 Å². The summed E-state index contributed by atoms with van der Waals surface area (Å²) >= 11 is 0. The van der Waals surface area contributed by atoms with E-state index in [1.165, 1.54) is 12.1 Å². The summed E-state index contributed by atoms with van der Waals surface area (Å²) in [6.07, 6.45) is -6.10. The van der Waals surface area contributed by atoms with Crippen LogP contribution < -0.4 is 5.32 Å². The second kappa shape index (κ2) is 8.16. The highest BCUT2D eigenvalue weighted by Crippen LogP contribution is 2.24. The van der Waals surface area contributed by atoms with E-state index in [1.807, 2.05) is 0 Å². The molecule has 0 aromatic heterocycles. The van der Waals surface area contributed by atoms with Crippen LogP contribution >= 0.6 is 0 Å². The highest BCUT2D eigenvalue weighted by atomic mass is 32.2. The first-order valence-corrected chi connectivity index (χ1v) is 9.33.